The van der Waals surface area contributed by atoms with Crippen molar-refractivity contribution in [2.24, 2.45) is 4.99 Å². The fourth-order valence-corrected chi connectivity index (χ4v) is 3.83. The zero-order valence-corrected chi connectivity index (χ0v) is 19.5. The van der Waals surface area contributed by atoms with Gasteiger partial charge >= 0.3 is 0 Å². The van der Waals surface area contributed by atoms with E-state index in [0.29, 0.717) is 13.2 Å². The van der Waals surface area contributed by atoms with Crippen LogP contribution in [0.1, 0.15) is 43.7 Å². The van der Waals surface area contributed by atoms with Crippen molar-refractivity contribution in [1.82, 2.24) is 15.5 Å². The van der Waals surface area contributed by atoms with Crippen molar-refractivity contribution >= 4 is 5.96 Å². The number of aliphatic imine (C=N–C) groups is 1. The molecule has 1 aromatic rings. The van der Waals surface area contributed by atoms with E-state index in [9.17, 15) is 0 Å². The van der Waals surface area contributed by atoms with Gasteiger partial charge in [0.1, 0.15) is 12.4 Å². The molecule has 7 heteroatoms. The van der Waals surface area contributed by atoms with E-state index in [1.54, 1.807) is 7.11 Å². The summed E-state index contributed by atoms with van der Waals surface area (Å²) in [5.74, 6) is 1.75. The molecule has 2 N–H and O–H groups in total. The van der Waals surface area contributed by atoms with Crippen LogP contribution < -0.4 is 15.4 Å². The first-order valence-corrected chi connectivity index (χ1v) is 11.8. The Hall–Kier alpha value is -1.83. The minimum atomic E-state index is 0.211. The number of aryl methyl sites for hydroxylation is 1. The molecular weight excluding hydrogens is 392 g/mol. The normalized spacial score (nSPS) is 19.1. The van der Waals surface area contributed by atoms with E-state index in [1.165, 1.54) is 18.4 Å². The number of benzene rings is 1. The van der Waals surface area contributed by atoms with Crippen LogP contribution in [0.4, 0.5) is 0 Å². The number of guanidine groups is 1. The van der Waals surface area contributed by atoms with Gasteiger partial charge < -0.3 is 24.8 Å². The van der Waals surface area contributed by atoms with Crippen molar-refractivity contribution in [2.75, 3.05) is 53.1 Å². The Labute approximate surface area is 187 Å². The Kier molecular flexibility index (Phi) is 9.90. The highest BCUT2D eigenvalue weighted by Gasteiger charge is 2.28. The van der Waals surface area contributed by atoms with Gasteiger partial charge in [-0.3, -0.25) is 4.90 Å². The standard InChI is InChI=1S/C24H40N4O3/c1-4-25-24(26-11-12-28(13-15-29-3)21-9-10-21)27-17-20-8-7-19(2)16-23(20)31-18-22-6-5-14-30-22/h7-8,16,21-22H,4-6,9-15,17-18H2,1-3H3,(H2,25,26,27). The molecule has 1 unspecified atom stereocenters. The molecule has 174 valence electrons. The molecule has 1 saturated heterocycles. The number of methoxy groups -OCH3 is 1. The monoisotopic (exact) mass is 432 g/mol. The summed E-state index contributed by atoms with van der Waals surface area (Å²) in [6, 6.07) is 7.07. The molecule has 7 nitrogen and oxygen atoms in total. The lowest BCUT2D eigenvalue weighted by Crippen LogP contribution is -2.42. The molecule has 1 aliphatic heterocycles. The highest BCUT2D eigenvalue weighted by atomic mass is 16.5. The van der Waals surface area contributed by atoms with E-state index in [1.807, 2.05) is 0 Å². The zero-order chi connectivity index (χ0) is 21.9. The molecule has 1 atom stereocenters. The summed E-state index contributed by atoms with van der Waals surface area (Å²) >= 11 is 0. The second kappa shape index (κ2) is 12.9. The summed E-state index contributed by atoms with van der Waals surface area (Å²) in [7, 11) is 1.77. The highest BCUT2D eigenvalue weighted by molar-refractivity contribution is 5.79. The molecule has 1 aliphatic carbocycles. The fourth-order valence-electron chi connectivity index (χ4n) is 3.83. The van der Waals surface area contributed by atoms with Crippen LogP contribution in [0, 0.1) is 6.92 Å². The third-order valence-corrected chi connectivity index (χ3v) is 5.76. The second-order valence-corrected chi connectivity index (χ2v) is 8.44. The lowest BCUT2D eigenvalue weighted by atomic mass is 10.1. The fraction of sp³-hybridized carbons (Fsp3) is 0.708. The number of nitrogens with one attached hydrogen (secondary N) is 2. The Bertz CT molecular complexity index is 687. The van der Waals surface area contributed by atoms with Crippen LogP contribution in [-0.4, -0.2) is 76.1 Å². The van der Waals surface area contributed by atoms with E-state index < -0.39 is 0 Å². The molecule has 2 fully saturated rings. The molecule has 1 aromatic carbocycles. The summed E-state index contributed by atoms with van der Waals surface area (Å²) < 4.78 is 17.1. The lowest BCUT2D eigenvalue weighted by molar-refractivity contribution is 0.0676. The SMILES string of the molecule is CCNC(=NCc1ccc(C)cc1OCC1CCCO1)NCCN(CCOC)C1CC1. The summed E-state index contributed by atoms with van der Waals surface area (Å²) in [4.78, 5) is 7.32. The molecule has 0 aromatic heterocycles. The van der Waals surface area contributed by atoms with Crippen LogP contribution in [0.15, 0.2) is 23.2 Å². The van der Waals surface area contributed by atoms with Gasteiger partial charge in [-0.2, -0.15) is 0 Å². The van der Waals surface area contributed by atoms with Crippen molar-refractivity contribution in [3.63, 3.8) is 0 Å². The smallest absolute Gasteiger partial charge is 0.191 e. The Morgan fingerprint density at radius 3 is 2.81 bits per heavy atom. The van der Waals surface area contributed by atoms with Crippen molar-refractivity contribution in [3.05, 3.63) is 29.3 Å². The number of hydrogen-bond donors (Lipinski definition) is 2. The number of ether oxygens (including phenoxy) is 3. The molecule has 3 rings (SSSR count). The first kappa shape index (κ1) is 23.8. The van der Waals surface area contributed by atoms with Crippen molar-refractivity contribution in [1.29, 1.82) is 0 Å². The minimum Gasteiger partial charge on any atom is -0.491 e. The number of nitrogens with zero attached hydrogens (tertiary/aromatic N) is 2. The number of hydrogen-bond acceptors (Lipinski definition) is 5. The van der Waals surface area contributed by atoms with E-state index >= 15 is 0 Å². The molecule has 0 spiro atoms. The molecule has 31 heavy (non-hydrogen) atoms. The summed E-state index contributed by atoms with van der Waals surface area (Å²) in [6.45, 7) is 10.7. The maximum Gasteiger partial charge on any atom is 0.191 e. The van der Waals surface area contributed by atoms with Crippen molar-refractivity contribution in [2.45, 2.75) is 58.2 Å². The van der Waals surface area contributed by atoms with E-state index in [4.69, 9.17) is 19.2 Å². The van der Waals surface area contributed by atoms with Gasteiger partial charge in [-0.15, -0.1) is 0 Å². The molecule has 0 amide bonds. The molecule has 1 heterocycles. The molecule has 0 bridgehead atoms. The maximum absolute atomic E-state index is 6.12. The van der Waals surface area contributed by atoms with Gasteiger partial charge in [0.25, 0.3) is 0 Å². The average molecular weight is 433 g/mol. The quantitative estimate of drug-likeness (QED) is 0.369. The predicted molar refractivity (Wildman–Crippen MR) is 125 cm³/mol. The topological polar surface area (TPSA) is 67.4 Å². The average Bonchev–Trinajstić information content (AvgIpc) is 3.48. The summed E-state index contributed by atoms with van der Waals surface area (Å²) in [5, 5.41) is 6.84. The summed E-state index contributed by atoms with van der Waals surface area (Å²) in [6.07, 6.45) is 5.03. The van der Waals surface area contributed by atoms with Crippen LogP contribution in [0.3, 0.4) is 0 Å². The Morgan fingerprint density at radius 1 is 1.23 bits per heavy atom. The molecule has 0 radical (unpaired) electrons. The van der Waals surface area contributed by atoms with Gasteiger partial charge in [-0.05, 0) is 51.2 Å². The molecular formula is C24H40N4O3. The van der Waals surface area contributed by atoms with Gasteiger partial charge in [0.05, 0.1) is 19.3 Å². The minimum absolute atomic E-state index is 0.211. The van der Waals surface area contributed by atoms with Crippen LogP contribution in [-0.2, 0) is 16.0 Å². The van der Waals surface area contributed by atoms with Gasteiger partial charge in [-0.25, -0.2) is 4.99 Å². The second-order valence-electron chi connectivity index (χ2n) is 8.44. The van der Waals surface area contributed by atoms with Crippen molar-refractivity contribution in [3.8, 4) is 5.75 Å². The van der Waals surface area contributed by atoms with Crippen LogP contribution in [0.5, 0.6) is 5.75 Å². The summed E-state index contributed by atoms with van der Waals surface area (Å²) in [5.41, 5.74) is 2.29. The van der Waals surface area contributed by atoms with Gasteiger partial charge in [-0.1, -0.05) is 12.1 Å². The molecule has 2 aliphatic rings. The number of rotatable bonds is 13. The van der Waals surface area contributed by atoms with Crippen molar-refractivity contribution < 1.29 is 14.2 Å². The van der Waals surface area contributed by atoms with E-state index in [-0.39, 0.29) is 6.10 Å². The van der Waals surface area contributed by atoms with Gasteiger partial charge in [0, 0.05) is 51.5 Å². The first-order chi connectivity index (χ1) is 15.2. The third-order valence-electron chi connectivity index (χ3n) is 5.76. The van der Waals surface area contributed by atoms with Crippen LogP contribution >= 0.6 is 0 Å². The van der Waals surface area contributed by atoms with Crippen LogP contribution in [0.2, 0.25) is 0 Å². The predicted octanol–water partition coefficient (Wildman–Crippen LogP) is 2.72. The maximum atomic E-state index is 6.12. The largest absolute Gasteiger partial charge is 0.491 e. The zero-order valence-electron chi connectivity index (χ0n) is 19.5. The van der Waals surface area contributed by atoms with Gasteiger partial charge in [0.15, 0.2) is 5.96 Å². The Morgan fingerprint density at radius 2 is 2.10 bits per heavy atom. The Balaban J connectivity index is 1.53. The third kappa shape index (κ3) is 8.31. The van der Waals surface area contributed by atoms with E-state index in [2.05, 4.69) is 47.6 Å². The highest BCUT2D eigenvalue weighted by Crippen LogP contribution is 2.26. The van der Waals surface area contributed by atoms with E-state index in [0.717, 1.165) is 75.5 Å². The first-order valence-electron chi connectivity index (χ1n) is 11.8. The lowest BCUT2D eigenvalue weighted by Gasteiger charge is -2.22. The van der Waals surface area contributed by atoms with Crippen LogP contribution in [0.25, 0.3) is 0 Å². The molecule has 1 saturated carbocycles. The van der Waals surface area contributed by atoms with Gasteiger partial charge in [0.2, 0.25) is 0 Å².